The number of nitrogens with zero attached hydrogens (tertiary/aromatic N) is 3. The molecule has 2 heterocycles. The largest absolute Gasteiger partial charge is 0.226 e. The van der Waals surface area contributed by atoms with Crippen LogP contribution in [0.1, 0.15) is 21.8 Å². The highest BCUT2D eigenvalue weighted by molar-refractivity contribution is 7.98. The Kier molecular flexibility index (Phi) is 5.12. The lowest BCUT2D eigenvalue weighted by molar-refractivity contribution is 0.628. The first-order chi connectivity index (χ1) is 13.5. The van der Waals surface area contributed by atoms with Gasteiger partial charge in [-0.1, -0.05) is 24.3 Å². The summed E-state index contributed by atoms with van der Waals surface area (Å²) in [7, 11) is 0. The van der Waals surface area contributed by atoms with E-state index >= 15 is 0 Å². The number of hydrogen-bond donors (Lipinski definition) is 0. The molecule has 28 heavy (non-hydrogen) atoms. The zero-order chi connectivity index (χ0) is 19.7. The Morgan fingerprint density at radius 3 is 2.64 bits per heavy atom. The number of rotatable bonds is 4. The minimum absolute atomic E-state index is 0.250. The summed E-state index contributed by atoms with van der Waals surface area (Å²) in [6.45, 7) is 3.96. The molecule has 6 heteroatoms. The van der Waals surface area contributed by atoms with Gasteiger partial charge in [0.25, 0.3) is 0 Å². The second-order valence-electron chi connectivity index (χ2n) is 6.40. The molecular formula is C22H16FN3S2. The Balaban J connectivity index is 1.79. The van der Waals surface area contributed by atoms with Gasteiger partial charge in [0.2, 0.25) is 0 Å². The maximum atomic E-state index is 13.4. The van der Waals surface area contributed by atoms with Gasteiger partial charge in [0, 0.05) is 16.2 Å². The summed E-state index contributed by atoms with van der Waals surface area (Å²) in [5.74, 6) is 1.19. The van der Waals surface area contributed by atoms with E-state index in [0.717, 1.165) is 42.6 Å². The van der Waals surface area contributed by atoms with Crippen molar-refractivity contribution in [2.45, 2.75) is 24.6 Å². The molecule has 2 aromatic carbocycles. The summed E-state index contributed by atoms with van der Waals surface area (Å²) >= 11 is 3.27. The lowest BCUT2D eigenvalue weighted by Gasteiger charge is -2.08. The van der Waals surface area contributed by atoms with Crippen LogP contribution in [-0.2, 0) is 5.75 Å². The maximum absolute atomic E-state index is 13.4. The molecule has 0 atom stereocenters. The van der Waals surface area contributed by atoms with E-state index < -0.39 is 0 Å². The van der Waals surface area contributed by atoms with E-state index in [9.17, 15) is 4.39 Å². The first kappa shape index (κ1) is 18.6. The summed E-state index contributed by atoms with van der Waals surface area (Å²) in [4.78, 5) is 11.4. The molecule has 0 bridgehead atoms. The molecule has 0 N–H and O–H groups in total. The lowest BCUT2D eigenvalue weighted by Crippen LogP contribution is -1.92. The average Bonchev–Trinajstić information content (AvgIpc) is 3.02. The third-order valence-electron chi connectivity index (χ3n) is 4.37. The van der Waals surface area contributed by atoms with E-state index in [1.165, 1.54) is 12.1 Å². The van der Waals surface area contributed by atoms with Crippen LogP contribution in [0.5, 0.6) is 0 Å². The second-order valence-corrected chi connectivity index (χ2v) is 8.56. The maximum Gasteiger partial charge on any atom is 0.129 e. The van der Waals surface area contributed by atoms with Crippen LogP contribution in [0.15, 0.2) is 53.6 Å². The third kappa shape index (κ3) is 3.64. The van der Waals surface area contributed by atoms with Crippen LogP contribution >= 0.6 is 23.1 Å². The first-order valence-electron chi connectivity index (χ1n) is 8.70. The monoisotopic (exact) mass is 405 g/mol. The van der Waals surface area contributed by atoms with Crippen LogP contribution in [-0.4, -0.2) is 9.97 Å². The van der Waals surface area contributed by atoms with E-state index in [1.54, 1.807) is 41.3 Å². The number of thiophene rings is 1. The normalized spacial score (nSPS) is 10.9. The van der Waals surface area contributed by atoms with Crippen molar-refractivity contribution in [2.75, 3.05) is 0 Å². The number of nitriles is 1. The molecule has 4 rings (SSSR count). The number of aryl methyl sites for hydroxylation is 2. The quantitative estimate of drug-likeness (QED) is 0.296. The molecule has 0 aliphatic rings. The zero-order valence-corrected chi connectivity index (χ0v) is 17.0. The van der Waals surface area contributed by atoms with Gasteiger partial charge in [-0.15, -0.1) is 23.1 Å². The standard InChI is InChI=1S/C22H16FN3S2/c1-13-19(17-6-8-18(23)9-7-17)20-21(25-14(2)26-22(20)28-13)27-12-16-5-3-4-15(10-16)11-24/h3-10H,12H2,1-2H3. The molecule has 2 aromatic heterocycles. The zero-order valence-electron chi connectivity index (χ0n) is 15.4. The third-order valence-corrected chi connectivity index (χ3v) is 6.42. The van der Waals surface area contributed by atoms with E-state index in [0.29, 0.717) is 11.3 Å². The summed E-state index contributed by atoms with van der Waals surface area (Å²) in [6, 6.07) is 16.4. The summed E-state index contributed by atoms with van der Waals surface area (Å²) in [5.41, 5.74) is 3.75. The molecule has 3 nitrogen and oxygen atoms in total. The van der Waals surface area contributed by atoms with Crippen LogP contribution in [0, 0.1) is 31.0 Å². The lowest BCUT2D eigenvalue weighted by atomic mass is 10.0. The van der Waals surface area contributed by atoms with Crippen molar-refractivity contribution in [2.24, 2.45) is 0 Å². The van der Waals surface area contributed by atoms with E-state index in [-0.39, 0.29) is 5.82 Å². The molecule has 0 amide bonds. The van der Waals surface area contributed by atoms with Gasteiger partial charge >= 0.3 is 0 Å². The van der Waals surface area contributed by atoms with Crippen LogP contribution < -0.4 is 0 Å². The van der Waals surface area contributed by atoms with Gasteiger partial charge in [0.1, 0.15) is 21.5 Å². The van der Waals surface area contributed by atoms with Crippen LogP contribution in [0.4, 0.5) is 4.39 Å². The Hall–Kier alpha value is -2.75. The average molecular weight is 406 g/mol. The molecule has 0 unspecified atom stereocenters. The van der Waals surface area contributed by atoms with Gasteiger partial charge < -0.3 is 0 Å². The van der Waals surface area contributed by atoms with Crippen molar-refractivity contribution in [3.8, 4) is 17.2 Å². The molecule has 138 valence electrons. The summed E-state index contributed by atoms with van der Waals surface area (Å²) in [5, 5.41) is 11.0. The first-order valence-corrected chi connectivity index (χ1v) is 10.5. The summed E-state index contributed by atoms with van der Waals surface area (Å²) in [6.07, 6.45) is 0. The van der Waals surface area contributed by atoms with Crippen LogP contribution in [0.3, 0.4) is 0 Å². The molecule has 0 radical (unpaired) electrons. The Bertz CT molecular complexity index is 1210. The van der Waals surface area contributed by atoms with Gasteiger partial charge in [-0.3, -0.25) is 0 Å². The van der Waals surface area contributed by atoms with Crippen LogP contribution in [0.25, 0.3) is 21.3 Å². The van der Waals surface area contributed by atoms with Crippen molar-refractivity contribution in [3.63, 3.8) is 0 Å². The number of hydrogen-bond acceptors (Lipinski definition) is 5. The fourth-order valence-corrected chi connectivity index (χ4v) is 5.31. The van der Waals surface area contributed by atoms with E-state index in [1.807, 2.05) is 25.1 Å². The highest BCUT2D eigenvalue weighted by Crippen LogP contribution is 2.42. The smallest absolute Gasteiger partial charge is 0.129 e. The SMILES string of the molecule is Cc1nc(SCc2cccc(C#N)c2)c2c(-c3ccc(F)cc3)c(C)sc2n1. The Labute approximate surface area is 170 Å². The van der Waals surface area contributed by atoms with E-state index in [2.05, 4.69) is 18.0 Å². The Morgan fingerprint density at radius 1 is 1.11 bits per heavy atom. The van der Waals surface area contributed by atoms with Gasteiger partial charge in [-0.2, -0.15) is 5.26 Å². The van der Waals surface area contributed by atoms with Gasteiger partial charge in [0.05, 0.1) is 17.0 Å². The molecule has 0 fully saturated rings. The molecule has 4 aromatic rings. The number of thioether (sulfide) groups is 1. The highest BCUT2D eigenvalue weighted by atomic mass is 32.2. The number of halogens is 1. The van der Waals surface area contributed by atoms with Crippen molar-refractivity contribution in [3.05, 3.63) is 76.2 Å². The van der Waals surface area contributed by atoms with Gasteiger partial charge in [-0.25, -0.2) is 14.4 Å². The molecular weight excluding hydrogens is 389 g/mol. The predicted octanol–water partition coefficient (Wildman–Crippen LogP) is 6.28. The fraction of sp³-hybridized carbons (Fsp3) is 0.136. The molecule has 0 aliphatic carbocycles. The fourth-order valence-electron chi connectivity index (χ4n) is 3.13. The Morgan fingerprint density at radius 2 is 1.89 bits per heavy atom. The molecule has 0 aliphatic heterocycles. The van der Waals surface area contributed by atoms with Crippen molar-refractivity contribution >= 4 is 33.3 Å². The predicted molar refractivity (Wildman–Crippen MR) is 113 cm³/mol. The summed E-state index contributed by atoms with van der Waals surface area (Å²) < 4.78 is 13.4. The van der Waals surface area contributed by atoms with Crippen LogP contribution in [0.2, 0.25) is 0 Å². The van der Waals surface area contributed by atoms with Crippen molar-refractivity contribution in [1.29, 1.82) is 5.26 Å². The molecule has 0 spiro atoms. The van der Waals surface area contributed by atoms with Gasteiger partial charge in [0.15, 0.2) is 0 Å². The van der Waals surface area contributed by atoms with Crippen molar-refractivity contribution < 1.29 is 4.39 Å². The molecule has 0 saturated heterocycles. The van der Waals surface area contributed by atoms with Crippen molar-refractivity contribution in [1.82, 2.24) is 9.97 Å². The number of fused-ring (bicyclic) bond motifs is 1. The minimum Gasteiger partial charge on any atom is -0.226 e. The minimum atomic E-state index is -0.250. The second kappa shape index (κ2) is 7.70. The van der Waals surface area contributed by atoms with E-state index in [4.69, 9.17) is 10.2 Å². The molecule has 0 saturated carbocycles. The number of aromatic nitrogens is 2. The number of benzene rings is 2. The topological polar surface area (TPSA) is 49.6 Å². The highest BCUT2D eigenvalue weighted by Gasteiger charge is 2.18. The van der Waals surface area contributed by atoms with Gasteiger partial charge in [-0.05, 0) is 49.2 Å².